The first-order chi connectivity index (χ1) is 12.1. The Labute approximate surface area is 181 Å². The average molecular weight is 495 g/mol. The van der Waals surface area contributed by atoms with Crippen molar-refractivity contribution in [1.82, 2.24) is 14.7 Å². The largest absolute Gasteiger partial charge is 0.444 e. The molecule has 0 aromatic heterocycles. The molecule has 7 nitrogen and oxygen atoms in total. The number of amides is 1. The van der Waals surface area contributed by atoms with E-state index in [1.165, 1.54) is 19.5 Å². The van der Waals surface area contributed by atoms with E-state index in [2.05, 4.69) is 28.6 Å². The van der Waals surface area contributed by atoms with Crippen LogP contribution in [0.4, 0.5) is 4.79 Å². The standard InChI is InChI=1S/C19H37N5O2.HI/c1-15(2)13-22-7-6-16(14-22)12-21-17(20)23-8-10-24(11-9-23)18(25)26-19(3,4)5;/h15-16H,6-14H2,1-5H3,(H2,20,21);1H. The molecule has 0 aromatic carbocycles. The minimum atomic E-state index is -0.459. The van der Waals surface area contributed by atoms with Crippen LogP contribution in [0.1, 0.15) is 41.0 Å². The number of halogens is 1. The molecule has 158 valence electrons. The number of nitrogens with zero attached hydrogens (tertiary/aromatic N) is 4. The van der Waals surface area contributed by atoms with Gasteiger partial charge in [-0.3, -0.25) is 4.99 Å². The van der Waals surface area contributed by atoms with Gasteiger partial charge in [-0.2, -0.15) is 0 Å². The monoisotopic (exact) mass is 495 g/mol. The number of nitrogens with two attached hydrogens (primary N) is 1. The zero-order chi connectivity index (χ0) is 19.3. The van der Waals surface area contributed by atoms with Crippen LogP contribution in [0.15, 0.2) is 4.99 Å². The van der Waals surface area contributed by atoms with Crippen LogP contribution in [-0.2, 0) is 4.74 Å². The predicted octanol–water partition coefficient (Wildman–Crippen LogP) is 2.45. The highest BCUT2D eigenvalue weighted by Crippen LogP contribution is 2.18. The number of guanidine groups is 1. The van der Waals surface area contributed by atoms with Crippen LogP contribution in [0.25, 0.3) is 0 Å². The molecule has 0 aliphatic carbocycles. The highest BCUT2D eigenvalue weighted by atomic mass is 127. The predicted molar refractivity (Wildman–Crippen MR) is 121 cm³/mol. The van der Waals surface area contributed by atoms with Gasteiger partial charge in [-0.1, -0.05) is 13.8 Å². The van der Waals surface area contributed by atoms with Gasteiger partial charge in [0.1, 0.15) is 5.60 Å². The van der Waals surface area contributed by atoms with Gasteiger partial charge in [0.2, 0.25) is 0 Å². The molecule has 27 heavy (non-hydrogen) atoms. The normalized spacial score (nSPS) is 22.1. The Balaban J connectivity index is 0.00000364. The Morgan fingerprint density at radius 3 is 2.30 bits per heavy atom. The summed E-state index contributed by atoms with van der Waals surface area (Å²) in [6.45, 7) is 17.1. The zero-order valence-corrected chi connectivity index (χ0v) is 19.9. The molecule has 2 aliphatic rings. The second-order valence-corrected chi connectivity index (χ2v) is 8.96. The third-order valence-corrected chi connectivity index (χ3v) is 4.76. The summed E-state index contributed by atoms with van der Waals surface area (Å²) in [5, 5.41) is 0. The Morgan fingerprint density at radius 2 is 1.74 bits per heavy atom. The summed E-state index contributed by atoms with van der Waals surface area (Å²) in [6, 6.07) is 0. The smallest absolute Gasteiger partial charge is 0.410 e. The lowest BCUT2D eigenvalue weighted by Crippen LogP contribution is -2.53. The van der Waals surface area contributed by atoms with Crippen molar-refractivity contribution in [2.24, 2.45) is 22.6 Å². The van der Waals surface area contributed by atoms with E-state index < -0.39 is 5.60 Å². The second kappa shape index (κ2) is 10.7. The number of hydrogen-bond acceptors (Lipinski definition) is 4. The SMILES string of the molecule is CC(C)CN1CCC(CN=C(N)N2CCN(C(=O)OC(C)(C)C)CC2)C1.I. The molecule has 0 bridgehead atoms. The minimum Gasteiger partial charge on any atom is -0.444 e. The van der Waals surface area contributed by atoms with Crippen molar-refractivity contribution in [3.8, 4) is 0 Å². The number of likely N-dealkylation sites (tertiary alicyclic amines) is 1. The van der Waals surface area contributed by atoms with Gasteiger partial charge in [-0.05, 0) is 45.6 Å². The van der Waals surface area contributed by atoms with Crippen molar-refractivity contribution < 1.29 is 9.53 Å². The summed E-state index contributed by atoms with van der Waals surface area (Å²) >= 11 is 0. The third kappa shape index (κ3) is 8.41. The quantitative estimate of drug-likeness (QED) is 0.369. The molecule has 2 saturated heterocycles. The lowest BCUT2D eigenvalue weighted by molar-refractivity contribution is 0.0186. The number of rotatable bonds is 4. The Hall–Kier alpha value is -0.770. The number of ether oxygens (including phenoxy) is 1. The average Bonchev–Trinajstić information content (AvgIpc) is 2.98. The van der Waals surface area contributed by atoms with E-state index in [0.29, 0.717) is 44.0 Å². The third-order valence-electron chi connectivity index (χ3n) is 4.76. The summed E-state index contributed by atoms with van der Waals surface area (Å²) in [5.74, 6) is 1.93. The van der Waals surface area contributed by atoms with Gasteiger partial charge >= 0.3 is 6.09 Å². The molecule has 0 saturated carbocycles. The number of aliphatic imine (C=N–C) groups is 1. The summed E-state index contributed by atoms with van der Waals surface area (Å²) in [5.41, 5.74) is 5.73. The maximum atomic E-state index is 12.1. The van der Waals surface area contributed by atoms with Crippen molar-refractivity contribution in [3.63, 3.8) is 0 Å². The van der Waals surface area contributed by atoms with Gasteiger partial charge in [0.25, 0.3) is 0 Å². The number of piperazine rings is 1. The number of carbonyl (C=O) groups is 1. The van der Waals surface area contributed by atoms with Crippen LogP contribution in [0.3, 0.4) is 0 Å². The van der Waals surface area contributed by atoms with Crippen LogP contribution in [-0.4, -0.2) is 84.7 Å². The van der Waals surface area contributed by atoms with E-state index in [-0.39, 0.29) is 30.1 Å². The van der Waals surface area contributed by atoms with E-state index in [1.54, 1.807) is 4.90 Å². The van der Waals surface area contributed by atoms with Crippen molar-refractivity contribution in [2.75, 3.05) is 52.4 Å². The molecule has 2 aliphatic heterocycles. The molecule has 8 heteroatoms. The van der Waals surface area contributed by atoms with Gasteiger partial charge in [-0.15, -0.1) is 24.0 Å². The van der Waals surface area contributed by atoms with E-state index >= 15 is 0 Å². The van der Waals surface area contributed by atoms with E-state index in [0.717, 1.165) is 13.1 Å². The Kier molecular flexibility index (Phi) is 9.61. The van der Waals surface area contributed by atoms with Gasteiger partial charge < -0.3 is 25.2 Å². The maximum Gasteiger partial charge on any atom is 0.410 e. The zero-order valence-electron chi connectivity index (χ0n) is 17.6. The first kappa shape index (κ1) is 24.3. The molecule has 1 atom stereocenters. The molecule has 1 amide bonds. The molecule has 0 aromatic rings. The lowest BCUT2D eigenvalue weighted by Gasteiger charge is -2.36. The Morgan fingerprint density at radius 1 is 1.15 bits per heavy atom. The number of carbonyl (C=O) groups excluding carboxylic acids is 1. The minimum absolute atomic E-state index is 0. The fraction of sp³-hybridized carbons (Fsp3) is 0.895. The van der Waals surface area contributed by atoms with Crippen molar-refractivity contribution in [1.29, 1.82) is 0 Å². The van der Waals surface area contributed by atoms with Gasteiger partial charge in [0.15, 0.2) is 5.96 Å². The van der Waals surface area contributed by atoms with Gasteiger partial charge in [-0.25, -0.2) is 4.79 Å². The van der Waals surface area contributed by atoms with Crippen LogP contribution < -0.4 is 5.73 Å². The summed E-state index contributed by atoms with van der Waals surface area (Å²) in [6.07, 6.45) is 0.958. The molecule has 0 radical (unpaired) electrons. The first-order valence-electron chi connectivity index (χ1n) is 9.89. The first-order valence-corrected chi connectivity index (χ1v) is 9.89. The van der Waals surface area contributed by atoms with E-state index in [9.17, 15) is 4.79 Å². The summed E-state index contributed by atoms with van der Waals surface area (Å²) in [7, 11) is 0. The van der Waals surface area contributed by atoms with E-state index in [4.69, 9.17) is 10.5 Å². The van der Waals surface area contributed by atoms with Crippen LogP contribution in [0, 0.1) is 11.8 Å². The van der Waals surface area contributed by atoms with Crippen LogP contribution >= 0.6 is 24.0 Å². The maximum absolute atomic E-state index is 12.1. The second-order valence-electron chi connectivity index (χ2n) is 8.96. The van der Waals surface area contributed by atoms with Gasteiger partial charge in [0, 0.05) is 45.8 Å². The molecule has 2 fully saturated rings. The lowest BCUT2D eigenvalue weighted by atomic mass is 10.1. The molecule has 0 spiro atoms. The molecular formula is C19H38IN5O2. The summed E-state index contributed by atoms with van der Waals surface area (Å²) in [4.78, 5) is 23.1. The summed E-state index contributed by atoms with van der Waals surface area (Å²) < 4.78 is 5.43. The molecule has 2 N–H and O–H groups in total. The number of hydrogen-bond donors (Lipinski definition) is 1. The van der Waals surface area contributed by atoms with Crippen LogP contribution in [0.5, 0.6) is 0 Å². The fourth-order valence-electron chi connectivity index (χ4n) is 3.51. The highest BCUT2D eigenvalue weighted by molar-refractivity contribution is 14.0. The van der Waals surface area contributed by atoms with Gasteiger partial charge in [0.05, 0.1) is 0 Å². The van der Waals surface area contributed by atoms with Crippen LogP contribution in [0.2, 0.25) is 0 Å². The van der Waals surface area contributed by atoms with Crippen molar-refractivity contribution >= 4 is 36.0 Å². The molecule has 1 unspecified atom stereocenters. The van der Waals surface area contributed by atoms with Crippen molar-refractivity contribution in [3.05, 3.63) is 0 Å². The molecule has 2 heterocycles. The van der Waals surface area contributed by atoms with Crippen molar-refractivity contribution in [2.45, 2.75) is 46.6 Å². The highest BCUT2D eigenvalue weighted by Gasteiger charge is 2.27. The molecule has 2 rings (SSSR count). The topological polar surface area (TPSA) is 74.4 Å². The molecular weight excluding hydrogens is 457 g/mol. The Bertz CT molecular complexity index is 499. The van der Waals surface area contributed by atoms with E-state index in [1.807, 2.05) is 20.8 Å². The fourth-order valence-corrected chi connectivity index (χ4v) is 3.51.